The standard InChI is InChI=1S/2C5H7IN2/c1-4-5(6)7-3-8(4)2;1-3-5(6)8-4(2)7-3/h3H,1-2H3;1-2H3,(H,7,8). The lowest BCUT2D eigenvalue weighted by molar-refractivity contribution is 0.872. The Balaban J connectivity index is 0.000000160. The molecule has 2 aromatic heterocycles. The second-order valence-electron chi connectivity index (χ2n) is 3.47. The predicted octanol–water partition coefficient (Wildman–Crippen LogP) is 2.96. The van der Waals surface area contributed by atoms with Gasteiger partial charge in [0.05, 0.1) is 6.33 Å². The molecular formula is C10H14I2N4. The monoisotopic (exact) mass is 444 g/mol. The van der Waals surface area contributed by atoms with Crippen LogP contribution < -0.4 is 0 Å². The Morgan fingerprint density at radius 1 is 1.19 bits per heavy atom. The van der Waals surface area contributed by atoms with Crippen molar-refractivity contribution in [3.8, 4) is 0 Å². The van der Waals surface area contributed by atoms with Crippen LogP contribution in [-0.2, 0) is 7.05 Å². The first-order valence-corrected chi connectivity index (χ1v) is 6.89. The second-order valence-corrected chi connectivity index (χ2v) is 5.51. The number of hydrogen-bond donors (Lipinski definition) is 1. The van der Waals surface area contributed by atoms with Crippen LogP contribution in [-0.4, -0.2) is 19.5 Å². The third-order valence-electron chi connectivity index (χ3n) is 2.12. The van der Waals surface area contributed by atoms with Gasteiger partial charge < -0.3 is 9.55 Å². The minimum Gasteiger partial charge on any atom is -0.345 e. The first kappa shape index (κ1) is 13.9. The van der Waals surface area contributed by atoms with E-state index in [9.17, 15) is 0 Å². The third kappa shape index (κ3) is 3.72. The molecular weight excluding hydrogens is 430 g/mol. The van der Waals surface area contributed by atoms with E-state index in [4.69, 9.17) is 0 Å². The number of rotatable bonds is 0. The maximum atomic E-state index is 4.14. The van der Waals surface area contributed by atoms with E-state index in [0.717, 1.165) is 18.9 Å². The molecule has 4 nitrogen and oxygen atoms in total. The van der Waals surface area contributed by atoms with E-state index in [0.29, 0.717) is 0 Å². The maximum absolute atomic E-state index is 4.14. The van der Waals surface area contributed by atoms with Gasteiger partial charge in [-0.15, -0.1) is 0 Å². The number of halogens is 2. The highest BCUT2D eigenvalue weighted by molar-refractivity contribution is 14.1. The number of imidazole rings is 2. The van der Waals surface area contributed by atoms with Gasteiger partial charge in [0.2, 0.25) is 0 Å². The van der Waals surface area contributed by atoms with Crippen molar-refractivity contribution in [2.45, 2.75) is 20.8 Å². The normalized spacial score (nSPS) is 9.88. The summed E-state index contributed by atoms with van der Waals surface area (Å²) < 4.78 is 4.16. The summed E-state index contributed by atoms with van der Waals surface area (Å²) >= 11 is 4.42. The molecule has 0 radical (unpaired) electrons. The van der Waals surface area contributed by atoms with Gasteiger partial charge in [0, 0.05) is 18.4 Å². The molecule has 6 heteroatoms. The van der Waals surface area contributed by atoms with Crippen LogP contribution in [0, 0.1) is 28.2 Å². The summed E-state index contributed by atoms with van der Waals surface area (Å²) in [6.45, 7) is 6.02. The lowest BCUT2D eigenvalue weighted by Gasteiger charge is -1.89. The summed E-state index contributed by atoms with van der Waals surface area (Å²) in [6, 6.07) is 0. The molecule has 2 aromatic rings. The molecule has 0 unspecified atom stereocenters. The molecule has 0 fully saturated rings. The highest BCUT2D eigenvalue weighted by atomic mass is 127. The third-order valence-corrected chi connectivity index (χ3v) is 4.23. The van der Waals surface area contributed by atoms with Crippen LogP contribution in [0.5, 0.6) is 0 Å². The quantitative estimate of drug-likeness (QED) is 0.636. The van der Waals surface area contributed by atoms with Gasteiger partial charge >= 0.3 is 0 Å². The number of H-pyrrole nitrogens is 1. The number of hydrogen-bond acceptors (Lipinski definition) is 2. The van der Waals surface area contributed by atoms with Crippen molar-refractivity contribution in [1.82, 2.24) is 19.5 Å². The highest BCUT2D eigenvalue weighted by Crippen LogP contribution is 2.06. The fourth-order valence-corrected chi connectivity index (χ4v) is 2.05. The fraction of sp³-hybridized carbons (Fsp3) is 0.400. The van der Waals surface area contributed by atoms with Crippen LogP contribution in [0.4, 0.5) is 0 Å². The number of nitrogens with one attached hydrogen (secondary N) is 1. The first-order chi connectivity index (χ1) is 7.41. The summed E-state index contributed by atoms with van der Waals surface area (Å²) in [5.74, 6) is 0.993. The molecule has 0 saturated carbocycles. The van der Waals surface area contributed by atoms with E-state index >= 15 is 0 Å². The molecule has 0 saturated heterocycles. The number of aromatic amines is 1. The number of aromatic nitrogens is 4. The van der Waals surface area contributed by atoms with E-state index < -0.39 is 0 Å². The molecule has 0 aliphatic carbocycles. The van der Waals surface area contributed by atoms with Gasteiger partial charge in [0.25, 0.3) is 0 Å². The van der Waals surface area contributed by atoms with Crippen LogP contribution in [0.3, 0.4) is 0 Å². The van der Waals surface area contributed by atoms with Crippen molar-refractivity contribution >= 4 is 45.2 Å². The summed E-state index contributed by atoms with van der Waals surface area (Å²) in [5.41, 5.74) is 2.38. The van der Waals surface area contributed by atoms with E-state index in [1.807, 2.05) is 31.8 Å². The van der Waals surface area contributed by atoms with E-state index in [-0.39, 0.29) is 0 Å². The molecule has 16 heavy (non-hydrogen) atoms. The summed E-state index contributed by atoms with van der Waals surface area (Å²) in [6.07, 6.45) is 1.82. The molecule has 0 atom stereocenters. The number of aryl methyl sites for hydroxylation is 3. The van der Waals surface area contributed by atoms with Gasteiger partial charge in [-0.1, -0.05) is 0 Å². The lowest BCUT2D eigenvalue weighted by atomic mass is 10.5. The summed E-state index contributed by atoms with van der Waals surface area (Å²) in [7, 11) is 1.99. The topological polar surface area (TPSA) is 46.5 Å². The fourth-order valence-electron chi connectivity index (χ4n) is 1.04. The molecule has 0 aliphatic rings. The molecule has 0 amide bonds. The first-order valence-electron chi connectivity index (χ1n) is 4.74. The molecule has 0 aromatic carbocycles. The zero-order valence-electron chi connectivity index (χ0n) is 9.67. The second kappa shape index (κ2) is 5.99. The van der Waals surface area contributed by atoms with E-state index in [1.54, 1.807) is 0 Å². The average molecular weight is 444 g/mol. The summed E-state index contributed by atoms with van der Waals surface area (Å²) in [4.78, 5) is 11.3. The molecule has 0 aliphatic heterocycles. The summed E-state index contributed by atoms with van der Waals surface area (Å²) in [5, 5.41) is 0. The molecule has 0 spiro atoms. The van der Waals surface area contributed by atoms with Crippen LogP contribution in [0.15, 0.2) is 6.33 Å². The van der Waals surface area contributed by atoms with Crippen LogP contribution in [0.1, 0.15) is 17.2 Å². The molecule has 2 rings (SSSR count). The Labute approximate surface area is 123 Å². The molecule has 2 heterocycles. The zero-order chi connectivity index (χ0) is 12.3. The van der Waals surface area contributed by atoms with Crippen LogP contribution >= 0.6 is 45.2 Å². The van der Waals surface area contributed by atoms with Crippen molar-refractivity contribution in [3.05, 3.63) is 30.9 Å². The predicted molar refractivity (Wildman–Crippen MR) is 81.4 cm³/mol. The Hall–Kier alpha value is -0.120. The molecule has 0 bridgehead atoms. The van der Waals surface area contributed by atoms with Crippen molar-refractivity contribution in [3.63, 3.8) is 0 Å². The van der Waals surface area contributed by atoms with Crippen LogP contribution in [0.25, 0.3) is 0 Å². The van der Waals surface area contributed by atoms with Gasteiger partial charge in [-0.2, -0.15) is 0 Å². The van der Waals surface area contributed by atoms with Gasteiger partial charge in [-0.05, 0) is 66.0 Å². The number of nitrogens with zero attached hydrogens (tertiary/aromatic N) is 3. The van der Waals surface area contributed by atoms with Crippen LogP contribution in [0.2, 0.25) is 0 Å². The highest BCUT2D eigenvalue weighted by Gasteiger charge is 1.96. The maximum Gasteiger partial charge on any atom is 0.122 e. The lowest BCUT2D eigenvalue weighted by Crippen LogP contribution is -1.87. The van der Waals surface area contributed by atoms with Gasteiger partial charge in [-0.3, -0.25) is 0 Å². The van der Waals surface area contributed by atoms with Gasteiger partial charge in [0.1, 0.15) is 13.2 Å². The Morgan fingerprint density at radius 2 is 1.81 bits per heavy atom. The van der Waals surface area contributed by atoms with E-state index in [1.165, 1.54) is 5.69 Å². The van der Waals surface area contributed by atoms with E-state index in [2.05, 4.69) is 67.1 Å². The molecule has 1 N–H and O–H groups in total. The van der Waals surface area contributed by atoms with Gasteiger partial charge in [-0.25, -0.2) is 9.97 Å². The zero-order valence-corrected chi connectivity index (χ0v) is 14.0. The smallest absolute Gasteiger partial charge is 0.122 e. The largest absolute Gasteiger partial charge is 0.345 e. The Morgan fingerprint density at radius 3 is 1.94 bits per heavy atom. The average Bonchev–Trinajstić information content (AvgIpc) is 2.65. The Bertz CT molecular complexity index is 434. The molecule has 88 valence electrons. The van der Waals surface area contributed by atoms with Crippen molar-refractivity contribution in [2.24, 2.45) is 7.05 Å². The van der Waals surface area contributed by atoms with Crippen molar-refractivity contribution in [1.29, 1.82) is 0 Å². The minimum atomic E-state index is 0.993. The van der Waals surface area contributed by atoms with Gasteiger partial charge in [0.15, 0.2) is 0 Å². The van der Waals surface area contributed by atoms with Crippen molar-refractivity contribution < 1.29 is 0 Å². The minimum absolute atomic E-state index is 0.993. The van der Waals surface area contributed by atoms with Crippen molar-refractivity contribution in [2.75, 3.05) is 0 Å². The SMILES string of the molecule is Cc1c(I)ncn1C.Cc1nc(I)c(C)[nH]1. The Kier molecular flexibility index (Phi) is 5.22.